The molecule has 0 rings (SSSR count). The first-order chi connectivity index (χ1) is 30.0. The number of ether oxygens (including phenoxy) is 3. The van der Waals surface area contributed by atoms with Crippen molar-refractivity contribution in [3.8, 4) is 0 Å². The van der Waals surface area contributed by atoms with Gasteiger partial charge >= 0.3 is 17.9 Å². The van der Waals surface area contributed by atoms with Crippen LogP contribution in [0, 0.1) is 6.42 Å². The van der Waals surface area contributed by atoms with Gasteiger partial charge in [-0.2, -0.15) is 4.79 Å². The van der Waals surface area contributed by atoms with Gasteiger partial charge in [-0.05, 0) is 83.5 Å². The van der Waals surface area contributed by atoms with E-state index in [0.29, 0.717) is 19.3 Å². The summed E-state index contributed by atoms with van der Waals surface area (Å²) in [5, 5.41) is 0. The zero-order valence-electron chi connectivity index (χ0n) is 40.3. The van der Waals surface area contributed by atoms with Gasteiger partial charge in [0.25, 0.3) is 0 Å². The SMILES string of the molecule is CC/C=C\C/C=C\C/C=C\CCCCCC[CH+]C(=O)OCC(COC(=O)CCCCCCCCCCCCCCC)OC(=O)CCCCCCC/C=C\CCCCCCCC. The topological polar surface area (TPSA) is 78.9 Å². The van der Waals surface area contributed by atoms with E-state index < -0.39 is 12.1 Å². The Morgan fingerprint density at radius 1 is 0.410 bits per heavy atom. The van der Waals surface area contributed by atoms with Crippen molar-refractivity contribution < 1.29 is 28.6 Å². The second kappa shape index (κ2) is 49.9. The molecule has 1 unspecified atom stereocenters. The molecule has 0 fully saturated rings. The summed E-state index contributed by atoms with van der Waals surface area (Å²) >= 11 is 0. The molecule has 6 nitrogen and oxygen atoms in total. The van der Waals surface area contributed by atoms with Crippen molar-refractivity contribution in [3.05, 3.63) is 55.0 Å². The lowest BCUT2D eigenvalue weighted by Gasteiger charge is -2.17. The van der Waals surface area contributed by atoms with Crippen LogP contribution in [0.1, 0.15) is 258 Å². The molecule has 0 saturated heterocycles. The first kappa shape index (κ1) is 58.2. The summed E-state index contributed by atoms with van der Waals surface area (Å²) in [6, 6.07) is 0. The maximum atomic E-state index is 12.8. The van der Waals surface area contributed by atoms with Crippen LogP contribution in [-0.4, -0.2) is 37.2 Å². The molecule has 6 heteroatoms. The Bertz CT molecular complexity index is 1070. The lowest BCUT2D eigenvalue weighted by molar-refractivity contribution is -0.166. The van der Waals surface area contributed by atoms with Gasteiger partial charge < -0.3 is 14.2 Å². The first-order valence-corrected chi connectivity index (χ1v) is 26.0. The molecule has 0 aromatic rings. The summed E-state index contributed by atoms with van der Waals surface area (Å²) in [6.45, 7) is 6.47. The van der Waals surface area contributed by atoms with E-state index >= 15 is 0 Å². The predicted octanol–water partition coefficient (Wildman–Crippen LogP) is 16.9. The zero-order chi connectivity index (χ0) is 44.4. The lowest BCUT2D eigenvalue weighted by atomic mass is 10.0. The highest BCUT2D eigenvalue weighted by Gasteiger charge is 2.22. The molecule has 0 heterocycles. The minimum absolute atomic E-state index is 0.0935. The van der Waals surface area contributed by atoms with Crippen molar-refractivity contribution >= 4 is 17.9 Å². The summed E-state index contributed by atoms with van der Waals surface area (Å²) in [7, 11) is 0. The van der Waals surface area contributed by atoms with Crippen molar-refractivity contribution in [2.45, 2.75) is 264 Å². The first-order valence-electron chi connectivity index (χ1n) is 26.0. The van der Waals surface area contributed by atoms with E-state index in [4.69, 9.17) is 14.2 Å². The van der Waals surface area contributed by atoms with Gasteiger partial charge in [0.2, 0.25) is 0 Å². The van der Waals surface area contributed by atoms with Crippen molar-refractivity contribution in [2.24, 2.45) is 0 Å². The molecule has 0 bridgehead atoms. The van der Waals surface area contributed by atoms with Gasteiger partial charge in [0.1, 0.15) is 19.6 Å². The van der Waals surface area contributed by atoms with Gasteiger partial charge in [-0.25, -0.2) is 0 Å². The largest absolute Gasteiger partial charge is 0.496 e. The van der Waals surface area contributed by atoms with Crippen LogP contribution < -0.4 is 0 Å². The second-order valence-electron chi connectivity index (χ2n) is 17.2. The molecule has 0 aliphatic heterocycles. The third kappa shape index (κ3) is 48.1. The van der Waals surface area contributed by atoms with Crippen LogP contribution in [0.15, 0.2) is 48.6 Å². The Balaban J connectivity index is 4.40. The Hall–Kier alpha value is -2.76. The molecule has 0 radical (unpaired) electrons. The number of carbonyl (C=O) groups is 3. The number of rotatable bonds is 47. The molecule has 0 aliphatic carbocycles. The number of esters is 3. The molecule has 0 aromatic carbocycles. The van der Waals surface area contributed by atoms with Crippen LogP contribution >= 0.6 is 0 Å². The summed E-state index contributed by atoms with van der Waals surface area (Å²) in [4.78, 5) is 37.9. The third-order valence-electron chi connectivity index (χ3n) is 11.2. The maximum Gasteiger partial charge on any atom is 0.496 e. The highest BCUT2D eigenvalue weighted by atomic mass is 16.6. The average molecular weight is 854 g/mol. The van der Waals surface area contributed by atoms with E-state index in [1.165, 1.54) is 116 Å². The summed E-state index contributed by atoms with van der Waals surface area (Å²) in [5.41, 5.74) is 0. The molecule has 0 aliphatic rings. The summed E-state index contributed by atoms with van der Waals surface area (Å²) < 4.78 is 16.7. The van der Waals surface area contributed by atoms with Gasteiger partial charge in [0.05, 0.1) is 0 Å². The fourth-order valence-corrected chi connectivity index (χ4v) is 7.29. The van der Waals surface area contributed by atoms with Crippen molar-refractivity contribution in [2.75, 3.05) is 13.2 Å². The highest BCUT2D eigenvalue weighted by molar-refractivity contribution is 5.78. The fraction of sp³-hybridized carbons (Fsp3) is 0.782. The molecule has 1 atom stereocenters. The Labute approximate surface area is 378 Å². The molecule has 352 valence electrons. The quantitative estimate of drug-likeness (QED) is 0.0199. The summed E-state index contributed by atoms with van der Waals surface area (Å²) in [6.07, 6.45) is 60.3. The fourth-order valence-electron chi connectivity index (χ4n) is 7.29. The van der Waals surface area contributed by atoms with Crippen LogP contribution in [0.5, 0.6) is 0 Å². The van der Waals surface area contributed by atoms with Gasteiger partial charge in [-0.15, -0.1) is 0 Å². The molecule has 0 saturated carbocycles. The molecule has 0 spiro atoms. The normalized spacial score (nSPS) is 12.3. The van der Waals surface area contributed by atoms with Gasteiger partial charge in [0.15, 0.2) is 12.5 Å². The Kier molecular flexibility index (Phi) is 47.6. The third-order valence-corrected chi connectivity index (χ3v) is 11.2. The highest BCUT2D eigenvalue weighted by Crippen LogP contribution is 2.15. The zero-order valence-corrected chi connectivity index (χ0v) is 40.3. The Morgan fingerprint density at radius 3 is 1.28 bits per heavy atom. The van der Waals surface area contributed by atoms with Gasteiger partial charge in [-0.3, -0.25) is 9.59 Å². The van der Waals surface area contributed by atoms with E-state index in [1.807, 2.05) is 0 Å². The minimum Gasteiger partial charge on any atom is -0.462 e. The number of carbonyl (C=O) groups excluding carboxylic acids is 3. The number of hydrogen-bond donors (Lipinski definition) is 0. The number of unbranched alkanes of at least 4 members (excludes halogenated alkanes) is 28. The second-order valence-corrected chi connectivity index (χ2v) is 17.2. The Morgan fingerprint density at radius 2 is 0.787 bits per heavy atom. The standard InChI is InChI=1S/C55H97O6/c1-4-7-10-13-16-19-22-25-27-30-33-36-39-42-45-48-54(57)60-51-52(50-59-53(56)47-44-41-38-35-32-29-24-21-18-15-12-9-6-3)61-55(58)49-46-43-40-37-34-31-28-26-23-20-17-14-11-8-5-2/h7,10,16,19,25-28,48,52H,4-6,8-9,11-15,17-18,20-24,29-47,49-51H2,1-3H3/q+1/b10-7-,19-16-,27-25-,28-26-. The average Bonchev–Trinajstić information content (AvgIpc) is 3.26. The molecule has 0 N–H and O–H groups in total. The van der Waals surface area contributed by atoms with Gasteiger partial charge in [-0.1, -0.05) is 204 Å². The number of hydrogen-bond acceptors (Lipinski definition) is 6. The monoisotopic (exact) mass is 854 g/mol. The molecule has 0 aromatic heterocycles. The molecular weight excluding hydrogens is 757 g/mol. The molecule has 61 heavy (non-hydrogen) atoms. The van der Waals surface area contributed by atoms with Crippen LogP contribution in [0.2, 0.25) is 0 Å². The maximum absolute atomic E-state index is 12.8. The smallest absolute Gasteiger partial charge is 0.462 e. The summed E-state index contributed by atoms with van der Waals surface area (Å²) in [5.74, 6) is -1.04. The van der Waals surface area contributed by atoms with E-state index in [9.17, 15) is 14.4 Å². The van der Waals surface area contributed by atoms with Crippen molar-refractivity contribution in [1.29, 1.82) is 0 Å². The lowest BCUT2D eigenvalue weighted by Crippen LogP contribution is -2.31. The minimum atomic E-state index is -0.801. The van der Waals surface area contributed by atoms with Crippen LogP contribution in [0.4, 0.5) is 0 Å². The molecule has 0 amide bonds. The van der Waals surface area contributed by atoms with E-state index in [-0.39, 0.29) is 25.2 Å². The number of allylic oxidation sites excluding steroid dienone is 8. The van der Waals surface area contributed by atoms with E-state index in [2.05, 4.69) is 69.4 Å². The van der Waals surface area contributed by atoms with Crippen LogP contribution in [-0.2, 0) is 28.6 Å². The van der Waals surface area contributed by atoms with E-state index in [0.717, 1.165) is 103 Å². The van der Waals surface area contributed by atoms with Crippen molar-refractivity contribution in [1.82, 2.24) is 0 Å². The van der Waals surface area contributed by atoms with Crippen LogP contribution in [0.25, 0.3) is 0 Å². The van der Waals surface area contributed by atoms with E-state index in [1.54, 1.807) is 6.42 Å². The van der Waals surface area contributed by atoms with Crippen LogP contribution in [0.3, 0.4) is 0 Å². The predicted molar refractivity (Wildman–Crippen MR) is 261 cm³/mol. The molecular formula is C55H97O6+. The van der Waals surface area contributed by atoms with Gasteiger partial charge in [0, 0.05) is 12.8 Å². The van der Waals surface area contributed by atoms with Crippen molar-refractivity contribution in [3.63, 3.8) is 0 Å².